The highest BCUT2D eigenvalue weighted by Gasteiger charge is 2.26. The molecule has 118 valence electrons. The van der Waals surface area contributed by atoms with Crippen LogP contribution in [0, 0.1) is 5.92 Å². The highest BCUT2D eigenvalue weighted by Crippen LogP contribution is 2.27. The van der Waals surface area contributed by atoms with Crippen LogP contribution in [-0.2, 0) is 4.79 Å². The Labute approximate surface area is 138 Å². The fraction of sp³-hybridized carbons (Fsp3) is 0.562. The molecule has 0 aromatic heterocycles. The van der Waals surface area contributed by atoms with Crippen molar-refractivity contribution in [2.75, 3.05) is 13.1 Å². The van der Waals surface area contributed by atoms with E-state index in [-0.39, 0.29) is 36.2 Å². The number of amides is 1. The van der Waals surface area contributed by atoms with E-state index in [9.17, 15) is 4.79 Å². The molecule has 2 N–H and O–H groups in total. The zero-order valence-electron chi connectivity index (χ0n) is 12.6. The Morgan fingerprint density at radius 1 is 1.43 bits per heavy atom. The molecule has 1 heterocycles. The summed E-state index contributed by atoms with van der Waals surface area (Å²) in [5.74, 6) is 0.205. The van der Waals surface area contributed by atoms with E-state index in [0.717, 1.165) is 31.5 Å². The Hall–Kier alpha value is -0.770. The van der Waals surface area contributed by atoms with E-state index in [1.165, 1.54) is 0 Å². The number of piperidine rings is 1. The van der Waals surface area contributed by atoms with E-state index in [1.807, 2.05) is 24.3 Å². The number of benzene rings is 1. The van der Waals surface area contributed by atoms with Crippen molar-refractivity contribution in [3.05, 3.63) is 34.9 Å². The van der Waals surface area contributed by atoms with Crippen LogP contribution in [0.1, 0.15) is 38.2 Å². The van der Waals surface area contributed by atoms with E-state index in [1.54, 1.807) is 0 Å². The molecule has 0 bridgehead atoms. The van der Waals surface area contributed by atoms with E-state index >= 15 is 0 Å². The molecule has 2 atom stereocenters. The van der Waals surface area contributed by atoms with Crippen molar-refractivity contribution in [3.63, 3.8) is 0 Å². The van der Waals surface area contributed by atoms with Crippen LogP contribution in [0.4, 0.5) is 0 Å². The maximum atomic E-state index is 12.6. The molecule has 1 saturated heterocycles. The molecule has 0 spiro atoms. The molecule has 1 unspecified atom stereocenters. The molecule has 1 aliphatic rings. The Balaban J connectivity index is 0.00000220. The summed E-state index contributed by atoms with van der Waals surface area (Å²) in [7, 11) is 0. The van der Waals surface area contributed by atoms with Crippen molar-refractivity contribution < 1.29 is 4.79 Å². The SMILES string of the molecule is CC(C)C(C(=O)N[C@H]1CCCNC1)c1cccc(Cl)c1.Cl. The smallest absolute Gasteiger partial charge is 0.228 e. The fourth-order valence-corrected chi connectivity index (χ4v) is 3.00. The first-order chi connectivity index (χ1) is 9.58. The molecule has 0 aliphatic carbocycles. The van der Waals surface area contributed by atoms with Crippen LogP contribution >= 0.6 is 24.0 Å². The lowest BCUT2D eigenvalue weighted by atomic mass is 9.87. The molecule has 2 rings (SSSR count). The maximum absolute atomic E-state index is 12.6. The van der Waals surface area contributed by atoms with E-state index < -0.39 is 0 Å². The summed E-state index contributed by atoms with van der Waals surface area (Å²) >= 11 is 6.05. The minimum absolute atomic E-state index is 0. The quantitative estimate of drug-likeness (QED) is 0.888. The molecule has 21 heavy (non-hydrogen) atoms. The van der Waals surface area contributed by atoms with Crippen LogP contribution in [0.25, 0.3) is 0 Å². The lowest BCUT2D eigenvalue weighted by molar-refractivity contribution is -0.124. The summed E-state index contributed by atoms with van der Waals surface area (Å²) in [5.41, 5.74) is 0.994. The third kappa shape index (κ3) is 5.17. The molecule has 1 fully saturated rings. The van der Waals surface area contributed by atoms with Gasteiger partial charge in [-0.15, -0.1) is 12.4 Å². The zero-order valence-corrected chi connectivity index (χ0v) is 14.1. The normalized spacial score (nSPS) is 19.7. The fourth-order valence-electron chi connectivity index (χ4n) is 2.81. The van der Waals surface area contributed by atoms with Crippen LogP contribution in [0.15, 0.2) is 24.3 Å². The van der Waals surface area contributed by atoms with Gasteiger partial charge in [-0.1, -0.05) is 37.6 Å². The van der Waals surface area contributed by atoms with Crippen molar-refractivity contribution >= 4 is 29.9 Å². The van der Waals surface area contributed by atoms with Crippen LogP contribution in [-0.4, -0.2) is 25.0 Å². The van der Waals surface area contributed by atoms with Gasteiger partial charge in [0.2, 0.25) is 5.91 Å². The number of halogens is 2. The van der Waals surface area contributed by atoms with Gasteiger partial charge in [0.25, 0.3) is 0 Å². The topological polar surface area (TPSA) is 41.1 Å². The maximum Gasteiger partial charge on any atom is 0.228 e. The summed E-state index contributed by atoms with van der Waals surface area (Å²) < 4.78 is 0. The average Bonchev–Trinajstić information content (AvgIpc) is 2.39. The first-order valence-electron chi connectivity index (χ1n) is 7.34. The van der Waals surface area contributed by atoms with E-state index in [4.69, 9.17) is 11.6 Å². The van der Waals surface area contributed by atoms with Gasteiger partial charge in [-0.2, -0.15) is 0 Å². The van der Waals surface area contributed by atoms with Gasteiger partial charge in [0.15, 0.2) is 0 Å². The Bertz CT molecular complexity index is 459. The van der Waals surface area contributed by atoms with Crippen LogP contribution in [0.5, 0.6) is 0 Å². The molecular formula is C16H24Cl2N2O. The van der Waals surface area contributed by atoms with Crippen LogP contribution in [0.2, 0.25) is 5.02 Å². The monoisotopic (exact) mass is 330 g/mol. The second-order valence-electron chi connectivity index (χ2n) is 5.83. The zero-order chi connectivity index (χ0) is 14.5. The summed E-state index contributed by atoms with van der Waals surface area (Å²) in [4.78, 5) is 12.6. The predicted octanol–water partition coefficient (Wildman–Crippen LogP) is 3.37. The van der Waals surface area contributed by atoms with Gasteiger partial charge in [0.1, 0.15) is 0 Å². The Morgan fingerprint density at radius 3 is 2.76 bits per heavy atom. The molecule has 1 amide bonds. The van der Waals surface area contributed by atoms with Crippen LogP contribution < -0.4 is 10.6 Å². The lowest BCUT2D eigenvalue weighted by Gasteiger charge is -2.28. The molecule has 0 radical (unpaired) electrons. The molecule has 1 aliphatic heterocycles. The molecule has 5 heteroatoms. The van der Waals surface area contributed by atoms with Gasteiger partial charge >= 0.3 is 0 Å². The summed E-state index contributed by atoms with van der Waals surface area (Å²) in [6.07, 6.45) is 2.17. The van der Waals surface area contributed by atoms with E-state index in [2.05, 4.69) is 24.5 Å². The number of carbonyl (C=O) groups is 1. The van der Waals surface area contributed by atoms with Crippen molar-refractivity contribution in [3.8, 4) is 0 Å². The third-order valence-corrected chi connectivity index (χ3v) is 4.04. The number of nitrogens with one attached hydrogen (secondary N) is 2. The highest BCUT2D eigenvalue weighted by atomic mass is 35.5. The van der Waals surface area contributed by atoms with Gasteiger partial charge in [0.05, 0.1) is 5.92 Å². The largest absolute Gasteiger partial charge is 0.352 e. The second-order valence-corrected chi connectivity index (χ2v) is 6.26. The van der Waals surface area contributed by atoms with Gasteiger partial charge in [-0.3, -0.25) is 4.79 Å². The lowest BCUT2D eigenvalue weighted by Crippen LogP contribution is -2.47. The highest BCUT2D eigenvalue weighted by molar-refractivity contribution is 6.30. The first-order valence-corrected chi connectivity index (χ1v) is 7.72. The Morgan fingerprint density at radius 2 is 2.19 bits per heavy atom. The predicted molar refractivity (Wildman–Crippen MR) is 90.3 cm³/mol. The van der Waals surface area contributed by atoms with E-state index in [0.29, 0.717) is 5.02 Å². The van der Waals surface area contributed by atoms with Crippen molar-refractivity contribution in [1.29, 1.82) is 0 Å². The minimum atomic E-state index is -0.143. The van der Waals surface area contributed by atoms with Gasteiger partial charge in [0, 0.05) is 17.6 Å². The molecule has 1 aromatic rings. The van der Waals surface area contributed by atoms with Crippen LogP contribution in [0.3, 0.4) is 0 Å². The molecule has 3 nitrogen and oxygen atoms in total. The molecule has 1 aromatic carbocycles. The van der Waals surface area contributed by atoms with Gasteiger partial charge in [-0.05, 0) is 43.0 Å². The number of hydrogen-bond donors (Lipinski definition) is 2. The van der Waals surface area contributed by atoms with Gasteiger partial charge in [-0.25, -0.2) is 0 Å². The third-order valence-electron chi connectivity index (χ3n) is 3.80. The standard InChI is InChI=1S/C16H23ClN2O.ClH/c1-11(2)15(12-5-3-6-13(17)9-12)16(20)19-14-7-4-8-18-10-14;/h3,5-6,9,11,14-15,18H,4,7-8,10H2,1-2H3,(H,19,20);1H/t14-,15?;/m0./s1. The Kier molecular flexibility index (Phi) is 7.50. The molecular weight excluding hydrogens is 307 g/mol. The molecule has 0 saturated carbocycles. The number of carbonyl (C=O) groups excluding carboxylic acids is 1. The summed E-state index contributed by atoms with van der Waals surface area (Å²) in [6.45, 7) is 6.06. The average molecular weight is 331 g/mol. The summed E-state index contributed by atoms with van der Waals surface area (Å²) in [6, 6.07) is 7.87. The van der Waals surface area contributed by atoms with Crippen molar-refractivity contribution in [2.24, 2.45) is 5.92 Å². The summed E-state index contributed by atoms with van der Waals surface area (Å²) in [5, 5.41) is 7.18. The minimum Gasteiger partial charge on any atom is -0.352 e. The van der Waals surface area contributed by atoms with Gasteiger partial charge < -0.3 is 10.6 Å². The first kappa shape index (κ1) is 18.3. The van der Waals surface area contributed by atoms with Crippen molar-refractivity contribution in [2.45, 2.75) is 38.6 Å². The number of hydrogen-bond acceptors (Lipinski definition) is 2. The number of rotatable bonds is 4. The second kappa shape index (κ2) is 8.62. The van der Waals surface area contributed by atoms with Crippen molar-refractivity contribution in [1.82, 2.24) is 10.6 Å².